The Morgan fingerprint density at radius 3 is 1.80 bits per heavy atom. The van der Waals surface area contributed by atoms with Gasteiger partial charge in [-0.15, -0.1) is 0 Å². The summed E-state index contributed by atoms with van der Waals surface area (Å²) in [6.07, 6.45) is 3.00. The molecule has 21 heteroatoms. The predicted molar refractivity (Wildman–Crippen MR) is 215 cm³/mol. The number of hydrogen-bond donors (Lipinski definition) is 11. The molecule has 1 rings (SSSR count). The number of rotatable bonds is 28. The minimum Gasteiger partial charge on any atom is -0.426 e. The molecule has 5 atom stereocenters. The minimum atomic E-state index is -1.86. The van der Waals surface area contributed by atoms with Gasteiger partial charge < -0.3 is 57.9 Å². The summed E-state index contributed by atoms with van der Waals surface area (Å²) >= 11 is 5.39. The van der Waals surface area contributed by atoms with Crippen molar-refractivity contribution in [3.05, 3.63) is 33.4 Å². The Hall–Kier alpha value is -3.38. The smallest absolute Gasteiger partial charge is 0.426 e. The maximum atomic E-state index is 13.4. The zero-order chi connectivity index (χ0) is 41.3. The lowest BCUT2D eigenvalue weighted by atomic mass is 9.76. The molecule has 0 saturated carbocycles. The van der Waals surface area contributed by atoms with Crippen molar-refractivity contribution in [1.29, 1.82) is 0 Å². The Labute approximate surface area is 343 Å². The molecule has 0 aromatic heterocycles. The fraction of sp³-hybridized carbons (Fsp3) is 0.618. The molecule has 18 nitrogen and oxygen atoms in total. The molecule has 308 valence electrons. The molecule has 12 N–H and O–H groups in total. The van der Waals surface area contributed by atoms with Gasteiger partial charge in [0.2, 0.25) is 35.4 Å². The SMILES string of the molecule is CCCC[C@H](NC(=O)[C@H](CCC(N)=O)NC(=O)[C@H](CO)NC(=O)[C@H](CO)NC(=O)CCCCCNC(=O)c1ccc(I)cc1)C(=O)N[C@H](CCCBr)B(O)O. The summed E-state index contributed by atoms with van der Waals surface area (Å²) < 4.78 is 1.01. The third kappa shape index (κ3) is 20.4. The molecule has 0 spiro atoms. The molecule has 0 fully saturated rings. The number of aliphatic hydroxyl groups excluding tert-OH is 2. The van der Waals surface area contributed by atoms with Gasteiger partial charge in [-0.2, -0.15) is 0 Å². The Bertz CT molecular complexity index is 1400. The van der Waals surface area contributed by atoms with E-state index in [1.54, 1.807) is 12.1 Å². The van der Waals surface area contributed by atoms with Crippen LogP contribution in [0.15, 0.2) is 24.3 Å². The summed E-state index contributed by atoms with van der Waals surface area (Å²) in [7, 11) is -1.86. The Kier molecular flexibility index (Phi) is 25.4. The van der Waals surface area contributed by atoms with Crippen LogP contribution in [0, 0.1) is 3.57 Å². The lowest BCUT2D eigenvalue weighted by Crippen LogP contribution is -2.60. The molecule has 7 amide bonds. The number of nitrogens with one attached hydrogen (secondary N) is 6. The maximum absolute atomic E-state index is 13.4. The number of nitrogens with two attached hydrogens (primary N) is 1. The van der Waals surface area contributed by atoms with Gasteiger partial charge in [-0.05, 0) is 85.4 Å². The molecule has 0 heterocycles. The van der Waals surface area contributed by atoms with E-state index in [4.69, 9.17) is 5.73 Å². The number of carbonyl (C=O) groups excluding carboxylic acids is 7. The van der Waals surface area contributed by atoms with Crippen molar-refractivity contribution in [3.63, 3.8) is 0 Å². The fourth-order valence-electron chi connectivity index (χ4n) is 5.07. The molecular formula is C34H54BBrIN7O11. The summed E-state index contributed by atoms with van der Waals surface area (Å²) in [5.74, 6) is -6.22. The van der Waals surface area contributed by atoms with Crippen LogP contribution in [0.5, 0.6) is 0 Å². The van der Waals surface area contributed by atoms with E-state index >= 15 is 0 Å². The third-order valence-electron chi connectivity index (χ3n) is 8.25. The first-order valence-corrected chi connectivity index (χ1v) is 20.3. The fourth-order valence-corrected chi connectivity index (χ4v) is 5.76. The van der Waals surface area contributed by atoms with E-state index in [0.29, 0.717) is 56.0 Å². The number of aliphatic hydroxyl groups is 2. The maximum Gasteiger partial charge on any atom is 0.475 e. The summed E-state index contributed by atoms with van der Waals surface area (Å²) in [4.78, 5) is 88.9. The summed E-state index contributed by atoms with van der Waals surface area (Å²) in [5.41, 5.74) is 5.80. The van der Waals surface area contributed by atoms with Gasteiger partial charge in [-0.1, -0.05) is 42.1 Å². The lowest BCUT2D eigenvalue weighted by molar-refractivity contribution is -0.136. The highest BCUT2D eigenvalue weighted by atomic mass is 127. The van der Waals surface area contributed by atoms with Crippen molar-refractivity contribution in [2.45, 2.75) is 108 Å². The second kappa shape index (κ2) is 28.1. The van der Waals surface area contributed by atoms with E-state index < -0.39 is 85.9 Å². The highest BCUT2D eigenvalue weighted by Crippen LogP contribution is 2.09. The molecule has 0 aliphatic rings. The van der Waals surface area contributed by atoms with Crippen LogP contribution < -0.4 is 37.6 Å². The number of carbonyl (C=O) groups is 7. The molecule has 0 bridgehead atoms. The van der Waals surface area contributed by atoms with Crippen molar-refractivity contribution >= 4 is 87.0 Å². The highest BCUT2D eigenvalue weighted by molar-refractivity contribution is 14.1. The van der Waals surface area contributed by atoms with E-state index in [9.17, 15) is 53.8 Å². The van der Waals surface area contributed by atoms with Gasteiger partial charge in [-0.3, -0.25) is 33.6 Å². The van der Waals surface area contributed by atoms with Crippen molar-refractivity contribution in [3.8, 4) is 0 Å². The molecular weight excluding hydrogens is 900 g/mol. The molecule has 1 aromatic carbocycles. The Morgan fingerprint density at radius 1 is 0.709 bits per heavy atom. The van der Waals surface area contributed by atoms with Crippen LogP contribution in [0.4, 0.5) is 0 Å². The van der Waals surface area contributed by atoms with Gasteiger partial charge in [0.1, 0.15) is 24.2 Å². The summed E-state index contributed by atoms with van der Waals surface area (Å²) in [6.45, 7) is 0.469. The van der Waals surface area contributed by atoms with Crippen LogP contribution in [-0.2, 0) is 28.8 Å². The standard InChI is InChI=1S/C34H54BBrIN7O11/c1-2-3-8-23(32(51)44-27(35(54)55)9-7-17-36)41-31(50)24(15-16-28(38)47)42-34(53)26(20-46)43-33(52)25(19-45)40-29(48)10-5-4-6-18-39-30(49)21-11-13-22(37)14-12-21/h11-14,23-27,45-46,54-55H,2-10,15-20H2,1H3,(H2,38,47)(H,39,49)(H,40,48)(H,41,50)(H,42,53)(H,43,52)(H,44,51)/t23-,24-,25-,26-,27+/m0/s1. The van der Waals surface area contributed by atoms with Crippen LogP contribution in [0.1, 0.15) is 87.9 Å². The second-order valence-electron chi connectivity index (χ2n) is 12.7. The number of amides is 7. The largest absolute Gasteiger partial charge is 0.475 e. The van der Waals surface area contributed by atoms with Gasteiger partial charge in [0.25, 0.3) is 5.91 Å². The van der Waals surface area contributed by atoms with Gasteiger partial charge in [-0.25, -0.2) is 0 Å². The quantitative estimate of drug-likeness (QED) is 0.0202. The predicted octanol–water partition coefficient (Wildman–Crippen LogP) is -1.37. The third-order valence-corrected chi connectivity index (χ3v) is 9.53. The lowest BCUT2D eigenvalue weighted by Gasteiger charge is -2.26. The first-order valence-electron chi connectivity index (χ1n) is 18.1. The van der Waals surface area contributed by atoms with Gasteiger partial charge in [0.15, 0.2) is 0 Å². The number of hydrogen-bond acceptors (Lipinski definition) is 11. The average molecular weight is 954 g/mol. The molecule has 0 radical (unpaired) electrons. The monoisotopic (exact) mass is 953 g/mol. The van der Waals surface area contributed by atoms with Crippen LogP contribution in [-0.4, -0.2) is 124 Å². The van der Waals surface area contributed by atoms with E-state index in [1.165, 1.54) is 0 Å². The van der Waals surface area contributed by atoms with Crippen LogP contribution >= 0.6 is 38.5 Å². The number of primary amides is 1. The van der Waals surface area contributed by atoms with Crippen molar-refractivity contribution in [2.75, 3.05) is 25.1 Å². The Morgan fingerprint density at radius 2 is 1.25 bits per heavy atom. The number of alkyl halides is 1. The van der Waals surface area contributed by atoms with E-state index in [0.717, 1.165) is 3.57 Å². The molecule has 0 unspecified atom stereocenters. The van der Waals surface area contributed by atoms with Crippen molar-refractivity contribution in [1.82, 2.24) is 31.9 Å². The van der Waals surface area contributed by atoms with E-state index in [-0.39, 0.29) is 38.0 Å². The van der Waals surface area contributed by atoms with E-state index in [2.05, 4.69) is 70.4 Å². The number of unbranched alkanes of at least 4 members (excludes halogenated alkanes) is 3. The molecule has 0 aliphatic carbocycles. The van der Waals surface area contributed by atoms with Crippen molar-refractivity contribution in [2.24, 2.45) is 5.73 Å². The van der Waals surface area contributed by atoms with Crippen LogP contribution in [0.25, 0.3) is 0 Å². The molecule has 0 aliphatic heterocycles. The second-order valence-corrected chi connectivity index (χ2v) is 14.8. The first kappa shape index (κ1) is 49.6. The zero-order valence-corrected chi connectivity index (χ0v) is 34.6. The molecule has 0 saturated heterocycles. The highest BCUT2D eigenvalue weighted by Gasteiger charge is 2.33. The Balaban J connectivity index is 2.80. The normalized spacial score (nSPS) is 13.6. The van der Waals surface area contributed by atoms with Gasteiger partial charge in [0, 0.05) is 33.9 Å². The summed E-state index contributed by atoms with van der Waals surface area (Å²) in [6, 6.07) is 1.34. The minimum absolute atomic E-state index is 0.00474. The van der Waals surface area contributed by atoms with Crippen LogP contribution in [0.2, 0.25) is 0 Å². The molecule has 1 aromatic rings. The van der Waals surface area contributed by atoms with Gasteiger partial charge in [0.05, 0.1) is 19.2 Å². The average Bonchev–Trinajstić information content (AvgIpc) is 3.15. The van der Waals surface area contributed by atoms with E-state index in [1.807, 2.05) is 19.1 Å². The number of halogens is 2. The van der Waals surface area contributed by atoms with Gasteiger partial charge >= 0.3 is 7.12 Å². The summed E-state index contributed by atoms with van der Waals surface area (Å²) in [5, 5.41) is 54.5. The van der Waals surface area contributed by atoms with Crippen molar-refractivity contribution < 1.29 is 53.8 Å². The first-order chi connectivity index (χ1) is 26.2. The van der Waals surface area contributed by atoms with Crippen LogP contribution in [0.3, 0.4) is 0 Å². The molecule has 55 heavy (non-hydrogen) atoms. The topological polar surface area (TPSA) is 299 Å². The zero-order valence-electron chi connectivity index (χ0n) is 30.9. The number of benzene rings is 1.